The van der Waals surface area contributed by atoms with Gasteiger partial charge in [-0.05, 0) is 37.6 Å². The van der Waals surface area contributed by atoms with E-state index in [-0.39, 0.29) is 12.4 Å². The molecule has 0 bridgehead atoms. The number of aromatic nitrogens is 3. The summed E-state index contributed by atoms with van der Waals surface area (Å²) in [6.07, 6.45) is 2.19. The van der Waals surface area contributed by atoms with Crippen molar-refractivity contribution in [3.8, 4) is 11.5 Å². The molecule has 0 atom stereocenters. The van der Waals surface area contributed by atoms with Crippen molar-refractivity contribution >= 4 is 24.0 Å². The topological polar surface area (TPSA) is 64.4 Å². The maximum absolute atomic E-state index is 6.54. The Morgan fingerprint density at radius 1 is 1.14 bits per heavy atom. The molecular weight excluding hydrogens is 401 g/mol. The molecule has 9 heteroatoms. The van der Waals surface area contributed by atoms with Crippen LogP contribution >= 0.6 is 24.0 Å². The highest BCUT2D eigenvalue weighted by molar-refractivity contribution is 6.33. The number of hydrogen-bond acceptors (Lipinski definition) is 6. The summed E-state index contributed by atoms with van der Waals surface area (Å²) in [6, 6.07) is 3.95. The quantitative estimate of drug-likeness (QED) is 0.791. The van der Waals surface area contributed by atoms with Gasteiger partial charge < -0.3 is 19.4 Å². The fourth-order valence-corrected chi connectivity index (χ4v) is 4.35. The highest BCUT2D eigenvalue weighted by Crippen LogP contribution is 2.38. The van der Waals surface area contributed by atoms with E-state index in [1.54, 1.807) is 14.2 Å². The van der Waals surface area contributed by atoms with Crippen LogP contribution < -0.4 is 14.8 Å². The van der Waals surface area contributed by atoms with Crippen LogP contribution in [0.25, 0.3) is 0 Å². The number of nitrogens with zero attached hydrogens (tertiary/aromatic N) is 4. The molecule has 1 fully saturated rings. The zero-order valence-electron chi connectivity index (χ0n) is 16.3. The average Bonchev–Trinajstić information content (AvgIpc) is 3.14. The molecule has 28 heavy (non-hydrogen) atoms. The Bertz CT molecular complexity index is 806. The molecular formula is C19H27Cl2N5O2. The molecule has 3 heterocycles. The monoisotopic (exact) mass is 427 g/mol. The summed E-state index contributed by atoms with van der Waals surface area (Å²) in [5, 5.41) is 12.8. The zero-order valence-corrected chi connectivity index (χ0v) is 17.9. The predicted molar refractivity (Wildman–Crippen MR) is 111 cm³/mol. The molecule has 7 nitrogen and oxygen atoms in total. The van der Waals surface area contributed by atoms with E-state index < -0.39 is 0 Å². The van der Waals surface area contributed by atoms with Crippen LogP contribution in [0.3, 0.4) is 0 Å². The highest BCUT2D eigenvalue weighted by Gasteiger charge is 2.27. The predicted octanol–water partition coefficient (Wildman–Crippen LogP) is 2.85. The third-order valence-electron chi connectivity index (χ3n) is 5.56. The summed E-state index contributed by atoms with van der Waals surface area (Å²) >= 11 is 6.54. The van der Waals surface area contributed by atoms with E-state index in [1.807, 2.05) is 12.1 Å². The second-order valence-electron chi connectivity index (χ2n) is 7.13. The molecule has 4 rings (SSSR count). The van der Waals surface area contributed by atoms with Gasteiger partial charge in [-0.2, -0.15) is 0 Å². The number of ether oxygens (including phenoxy) is 2. The number of methoxy groups -OCH3 is 2. The van der Waals surface area contributed by atoms with Crippen molar-refractivity contribution in [2.75, 3.05) is 33.9 Å². The minimum Gasteiger partial charge on any atom is -0.493 e. The molecule has 0 amide bonds. The van der Waals surface area contributed by atoms with Gasteiger partial charge in [0.2, 0.25) is 0 Å². The maximum atomic E-state index is 6.54. The first-order chi connectivity index (χ1) is 13.2. The largest absolute Gasteiger partial charge is 0.493 e. The Morgan fingerprint density at radius 2 is 1.93 bits per heavy atom. The Hall–Kier alpha value is -1.54. The first kappa shape index (κ1) is 21.2. The molecule has 0 radical (unpaired) electrons. The number of likely N-dealkylation sites (tertiary alicyclic amines) is 1. The Kier molecular flexibility index (Phi) is 7.04. The van der Waals surface area contributed by atoms with Gasteiger partial charge in [0.25, 0.3) is 0 Å². The van der Waals surface area contributed by atoms with E-state index in [2.05, 4.69) is 25.0 Å². The van der Waals surface area contributed by atoms with Crippen molar-refractivity contribution in [3.63, 3.8) is 0 Å². The molecule has 1 saturated heterocycles. The molecule has 0 spiro atoms. The van der Waals surface area contributed by atoms with Crippen LogP contribution in [0.5, 0.6) is 11.5 Å². The minimum atomic E-state index is 0. The number of nitrogens with one attached hydrogen (secondary N) is 1. The van der Waals surface area contributed by atoms with Crippen molar-refractivity contribution in [1.82, 2.24) is 25.0 Å². The molecule has 1 N–H and O–H groups in total. The molecule has 1 aromatic heterocycles. The van der Waals surface area contributed by atoms with Gasteiger partial charge in [-0.25, -0.2) is 0 Å². The van der Waals surface area contributed by atoms with Crippen LogP contribution in [0, 0.1) is 0 Å². The molecule has 2 aromatic rings. The van der Waals surface area contributed by atoms with E-state index in [4.69, 9.17) is 21.1 Å². The number of rotatable bonds is 5. The normalized spacial score (nSPS) is 17.7. The number of benzene rings is 1. The lowest BCUT2D eigenvalue weighted by atomic mass is 9.95. The zero-order chi connectivity index (χ0) is 18.8. The third kappa shape index (κ3) is 4.08. The van der Waals surface area contributed by atoms with Crippen molar-refractivity contribution in [1.29, 1.82) is 0 Å². The van der Waals surface area contributed by atoms with Crippen molar-refractivity contribution in [2.24, 2.45) is 0 Å². The first-order valence-corrected chi connectivity index (χ1v) is 9.83. The summed E-state index contributed by atoms with van der Waals surface area (Å²) in [6.45, 7) is 5.65. The van der Waals surface area contributed by atoms with Crippen molar-refractivity contribution in [2.45, 2.75) is 38.4 Å². The summed E-state index contributed by atoms with van der Waals surface area (Å²) < 4.78 is 13.0. The molecule has 154 valence electrons. The number of fused-ring (bicyclic) bond motifs is 1. The second-order valence-corrected chi connectivity index (χ2v) is 7.51. The van der Waals surface area contributed by atoms with Gasteiger partial charge in [-0.15, -0.1) is 22.6 Å². The Morgan fingerprint density at radius 3 is 2.64 bits per heavy atom. The van der Waals surface area contributed by atoms with Crippen LogP contribution in [-0.4, -0.2) is 53.5 Å². The van der Waals surface area contributed by atoms with Gasteiger partial charge in [-0.1, -0.05) is 17.7 Å². The lowest BCUT2D eigenvalue weighted by molar-refractivity contribution is 0.199. The molecule has 2 aliphatic rings. The van der Waals surface area contributed by atoms with Crippen LogP contribution in [0.15, 0.2) is 12.1 Å². The average molecular weight is 428 g/mol. The minimum absolute atomic E-state index is 0. The SMILES string of the molecule is COc1ccc(CN2CCC(c3nnc4n3CCNC4)CC2)c(Cl)c1OC.Cl. The third-order valence-corrected chi connectivity index (χ3v) is 5.98. The standard InChI is InChI=1S/C19H26ClN5O2.ClH/c1-26-15-4-3-14(17(20)18(15)27-2)12-24-8-5-13(6-9-24)19-23-22-16-11-21-7-10-25(16)19;/h3-4,13,21H,5-12H2,1-2H3;1H. The van der Waals surface area contributed by atoms with Gasteiger partial charge >= 0.3 is 0 Å². The van der Waals surface area contributed by atoms with Crippen LogP contribution in [0.4, 0.5) is 0 Å². The smallest absolute Gasteiger partial charge is 0.179 e. The molecule has 2 aliphatic heterocycles. The Balaban J connectivity index is 0.00000225. The summed E-state index contributed by atoms with van der Waals surface area (Å²) in [5.74, 6) is 3.99. The summed E-state index contributed by atoms with van der Waals surface area (Å²) in [4.78, 5) is 2.44. The summed E-state index contributed by atoms with van der Waals surface area (Å²) in [5.41, 5.74) is 1.07. The van der Waals surface area contributed by atoms with Gasteiger partial charge in [0.1, 0.15) is 11.6 Å². The van der Waals surface area contributed by atoms with E-state index >= 15 is 0 Å². The van der Waals surface area contributed by atoms with Gasteiger partial charge in [0.15, 0.2) is 11.5 Å². The fraction of sp³-hybridized carbons (Fsp3) is 0.579. The molecule has 1 aromatic carbocycles. The van der Waals surface area contributed by atoms with Gasteiger partial charge in [-0.3, -0.25) is 4.90 Å². The lowest BCUT2D eigenvalue weighted by Crippen LogP contribution is -2.34. The van der Waals surface area contributed by atoms with E-state index in [0.29, 0.717) is 22.4 Å². The van der Waals surface area contributed by atoms with Crippen molar-refractivity contribution < 1.29 is 9.47 Å². The van der Waals surface area contributed by atoms with Crippen LogP contribution in [-0.2, 0) is 19.6 Å². The fourth-order valence-electron chi connectivity index (χ4n) is 4.06. The van der Waals surface area contributed by atoms with E-state index in [9.17, 15) is 0 Å². The number of halogens is 2. The molecule has 0 saturated carbocycles. The van der Waals surface area contributed by atoms with E-state index in [0.717, 1.165) is 69.3 Å². The van der Waals surface area contributed by atoms with Crippen LogP contribution in [0.1, 0.15) is 36.0 Å². The maximum Gasteiger partial charge on any atom is 0.179 e. The van der Waals surface area contributed by atoms with Crippen LogP contribution in [0.2, 0.25) is 5.02 Å². The van der Waals surface area contributed by atoms with Crippen molar-refractivity contribution in [3.05, 3.63) is 34.4 Å². The van der Waals surface area contributed by atoms with Gasteiger partial charge in [0, 0.05) is 25.6 Å². The Labute approximate surface area is 176 Å². The van der Waals surface area contributed by atoms with E-state index in [1.165, 1.54) is 0 Å². The highest BCUT2D eigenvalue weighted by atomic mass is 35.5. The number of hydrogen-bond donors (Lipinski definition) is 1. The molecule has 0 aliphatic carbocycles. The molecule has 0 unspecified atom stereocenters. The lowest BCUT2D eigenvalue weighted by Gasteiger charge is -2.32. The number of piperidine rings is 1. The first-order valence-electron chi connectivity index (χ1n) is 9.45. The second kappa shape index (κ2) is 9.31. The van der Waals surface area contributed by atoms with Gasteiger partial charge in [0.05, 0.1) is 25.8 Å². The summed E-state index contributed by atoms with van der Waals surface area (Å²) in [7, 11) is 3.24.